The number of ether oxygens (including phenoxy) is 2. The van der Waals surface area contributed by atoms with E-state index in [-0.39, 0.29) is 31.7 Å². The van der Waals surface area contributed by atoms with Gasteiger partial charge in [-0.2, -0.15) is 0 Å². The molecule has 0 spiro atoms. The predicted octanol–water partition coefficient (Wildman–Crippen LogP) is 0.418. The minimum absolute atomic E-state index is 0.0233. The Balaban J connectivity index is 4.44. The Morgan fingerprint density at radius 3 is 1.77 bits per heavy atom. The molecule has 0 fully saturated rings. The number of nitrogens with one attached hydrogen (secondary N) is 3. The minimum Gasteiger partial charge on any atom is -0.448 e. The summed E-state index contributed by atoms with van der Waals surface area (Å²) in [6.07, 6.45) is 8.25. The third-order valence-electron chi connectivity index (χ3n) is 5.39. The Labute approximate surface area is 209 Å². The van der Waals surface area contributed by atoms with E-state index in [1.54, 1.807) is 0 Å². The van der Waals surface area contributed by atoms with E-state index in [0.717, 1.165) is 70.9 Å². The van der Waals surface area contributed by atoms with E-state index in [0.29, 0.717) is 25.9 Å². The number of hydrogen-bond donors (Lipinski definition) is 7. The quantitative estimate of drug-likeness (QED) is 0.0961. The Bertz CT molecular complexity index is 554. The first-order chi connectivity index (χ1) is 16.9. The van der Waals surface area contributed by atoms with Gasteiger partial charge in [-0.15, -0.1) is 0 Å². The van der Waals surface area contributed by atoms with Crippen molar-refractivity contribution in [2.75, 3.05) is 45.9 Å². The van der Waals surface area contributed by atoms with Crippen molar-refractivity contribution in [1.82, 2.24) is 16.0 Å². The van der Waals surface area contributed by atoms with Gasteiger partial charge in [-0.25, -0.2) is 9.59 Å². The zero-order valence-electron chi connectivity index (χ0n) is 21.2. The number of rotatable bonds is 23. The molecular formula is C23H49N7O5. The molecule has 0 unspecified atom stereocenters. The first kappa shape index (κ1) is 32.8. The molecule has 3 amide bonds. The van der Waals surface area contributed by atoms with Crippen LogP contribution in [0.3, 0.4) is 0 Å². The maximum atomic E-state index is 12.3. The second kappa shape index (κ2) is 23.6. The SMILES string of the molecule is NCCCCCCCNCC(=O)N[C@@H](CCCCN)COC(=O)N[C@H](CCCCN)COC(N)=O. The third kappa shape index (κ3) is 22.1. The zero-order chi connectivity index (χ0) is 26.2. The molecule has 0 bridgehead atoms. The molecule has 0 aliphatic carbocycles. The fraction of sp³-hybridized carbons (Fsp3) is 0.870. The maximum Gasteiger partial charge on any atom is 0.407 e. The molecule has 0 saturated carbocycles. The summed E-state index contributed by atoms with van der Waals surface area (Å²) < 4.78 is 10.2. The molecule has 0 radical (unpaired) electrons. The largest absolute Gasteiger partial charge is 0.448 e. The van der Waals surface area contributed by atoms with Gasteiger partial charge in [0, 0.05) is 0 Å². The molecule has 206 valence electrons. The first-order valence-electron chi connectivity index (χ1n) is 12.9. The van der Waals surface area contributed by atoms with E-state index in [9.17, 15) is 14.4 Å². The lowest BCUT2D eigenvalue weighted by Crippen LogP contribution is -2.45. The second-order valence-corrected chi connectivity index (χ2v) is 8.64. The normalized spacial score (nSPS) is 12.5. The summed E-state index contributed by atoms with van der Waals surface area (Å²) in [5.41, 5.74) is 21.6. The van der Waals surface area contributed by atoms with Crippen molar-refractivity contribution in [3.8, 4) is 0 Å². The Kier molecular flexibility index (Phi) is 22.1. The van der Waals surface area contributed by atoms with Gasteiger partial charge in [0.1, 0.15) is 13.2 Å². The summed E-state index contributed by atoms with van der Waals surface area (Å²) in [7, 11) is 0. The number of primary amides is 1. The van der Waals surface area contributed by atoms with Crippen LogP contribution < -0.4 is 38.9 Å². The number of hydrogen-bond acceptors (Lipinski definition) is 9. The molecule has 11 N–H and O–H groups in total. The number of alkyl carbamates (subject to hydrolysis) is 1. The Hall–Kier alpha value is -2.15. The smallest absolute Gasteiger partial charge is 0.407 e. The molecule has 0 rings (SSSR count). The lowest BCUT2D eigenvalue weighted by molar-refractivity contribution is -0.121. The highest BCUT2D eigenvalue weighted by atomic mass is 16.6. The van der Waals surface area contributed by atoms with E-state index in [4.69, 9.17) is 32.4 Å². The van der Waals surface area contributed by atoms with E-state index in [2.05, 4.69) is 16.0 Å². The molecule has 0 aromatic carbocycles. The van der Waals surface area contributed by atoms with Crippen molar-refractivity contribution in [2.24, 2.45) is 22.9 Å². The van der Waals surface area contributed by atoms with Crippen molar-refractivity contribution in [2.45, 2.75) is 82.7 Å². The standard InChI is InChI=1S/C23H49N7O5/c24-12-6-2-1-3-9-15-28-16-21(31)29-19(10-4-7-13-25)18-35-23(33)30-20(11-5-8-14-26)17-34-22(27)32/h19-20,28H,1-18,24-26H2,(H2,27,32)(H,29,31)(H,30,33)/t19-,20+/m0/s1. The van der Waals surface area contributed by atoms with Gasteiger partial charge in [-0.05, 0) is 64.7 Å². The van der Waals surface area contributed by atoms with Crippen molar-refractivity contribution in [3.05, 3.63) is 0 Å². The highest BCUT2D eigenvalue weighted by molar-refractivity contribution is 5.78. The molecule has 0 aliphatic heterocycles. The van der Waals surface area contributed by atoms with Crippen molar-refractivity contribution in [3.63, 3.8) is 0 Å². The number of amides is 3. The number of nitrogens with two attached hydrogens (primary N) is 4. The molecule has 0 heterocycles. The summed E-state index contributed by atoms with van der Waals surface area (Å²) >= 11 is 0. The van der Waals surface area contributed by atoms with Gasteiger partial charge in [0.25, 0.3) is 0 Å². The topological polar surface area (TPSA) is 210 Å². The van der Waals surface area contributed by atoms with Crippen LogP contribution in [-0.2, 0) is 14.3 Å². The molecule has 12 heteroatoms. The first-order valence-corrected chi connectivity index (χ1v) is 12.9. The molecule has 12 nitrogen and oxygen atoms in total. The molecule has 2 atom stereocenters. The van der Waals surface area contributed by atoms with Crippen LogP contribution in [-0.4, -0.2) is 76.1 Å². The zero-order valence-corrected chi connectivity index (χ0v) is 21.2. The van der Waals surface area contributed by atoms with Gasteiger partial charge in [0.2, 0.25) is 5.91 Å². The summed E-state index contributed by atoms with van der Waals surface area (Å²) in [5, 5.41) is 8.76. The molecule has 35 heavy (non-hydrogen) atoms. The van der Waals surface area contributed by atoms with E-state index in [1.165, 1.54) is 0 Å². The van der Waals surface area contributed by atoms with Crippen LogP contribution in [0.4, 0.5) is 9.59 Å². The van der Waals surface area contributed by atoms with E-state index >= 15 is 0 Å². The van der Waals surface area contributed by atoms with E-state index in [1.807, 2.05) is 0 Å². The average molecular weight is 504 g/mol. The lowest BCUT2D eigenvalue weighted by Gasteiger charge is -2.21. The van der Waals surface area contributed by atoms with Crippen LogP contribution in [0.25, 0.3) is 0 Å². The van der Waals surface area contributed by atoms with Crippen LogP contribution in [0.15, 0.2) is 0 Å². The van der Waals surface area contributed by atoms with Crippen molar-refractivity contribution < 1.29 is 23.9 Å². The van der Waals surface area contributed by atoms with Crippen LogP contribution >= 0.6 is 0 Å². The van der Waals surface area contributed by atoms with Gasteiger partial charge in [0.15, 0.2) is 0 Å². The summed E-state index contributed by atoms with van der Waals surface area (Å²) in [5.74, 6) is -0.149. The summed E-state index contributed by atoms with van der Waals surface area (Å²) in [6, 6.07) is -0.762. The average Bonchev–Trinajstić information content (AvgIpc) is 2.82. The molecular weight excluding hydrogens is 454 g/mol. The Morgan fingerprint density at radius 1 is 0.657 bits per heavy atom. The van der Waals surface area contributed by atoms with Crippen LogP contribution in [0, 0.1) is 0 Å². The summed E-state index contributed by atoms with van der Waals surface area (Å²) in [6.45, 7) is 2.76. The monoisotopic (exact) mass is 503 g/mol. The molecule has 0 aromatic heterocycles. The highest BCUT2D eigenvalue weighted by Gasteiger charge is 2.18. The second-order valence-electron chi connectivity index (χ2n) is 8.64. The maximum absolute atomic E-state index is 12.3. The van der Waals surface area contributed by atoms with Crippen LogP contribution in [0.1, 0.15) is 70.6 Å². The number of carbonyl (C=O) groups is 3. The molecule has 0 aliphatic rings. The van der Waals surface area contributed by atoms with Crippen LogP contribution in [0.5, 0.6) is 0 Å². The van der Waals surface area contributed by atoms with Gasteiger partial charge in [0.05, 0.1) is 18.6 Å². The Morgan fingerprint density at radius 2 is 1.17 bits per heavy atom. The molecule has 0 saturated heterocycles. The molecule has 0 aromatic rings. The van der Waals surface area contributed by atoms with Gasteiger partial charge in [-0.3, -0.25) is 4.79 Å². The number of unbranched alkanes of at least 4 members (excludes halogenated alkanes) is 6. The van der Waals surface area contributed by atoms with Crippen molar-refractivity contribution >= 4 is 18.1 Å². The minimum atomic E-state index is -0.910. The number of carbonyl (C=O) groups excluding carboxylic acids is 3. The highest BCUT2D eigenvalue weighted by Crippen LogP contribution is 2.05. The lowest BCUT2D eigenvalue weighted by atomic mass is 10.1. The van der Waals surface area contributed by atoms with Crippen molar-refractivity contribution in [1.29, 1.82) is 0 Å². The van der Waals surface area contributed by atoms with Gasteiger partial charge >= 0.3 is 12.2 Å². The third-order valence-corrected chi connectivity index (χ3v) is 5.39. The predicted molar refractivity (Wildman–Crippen MR) is 137 cm³/mol. The summed E-state index contributed by atoms with van der Waals surface area (Å²) in [4.78, 5) is 35.6. The fourth-order valence-electron chi connectivity index (χ4n) is 3.44. The van der Waals surface area contributed by atoms with E-state index < -0.39 is 18.2 Å². The van der Waals surface area contributed by atoms with Gasteiger partial charge in [-0.1, -0.05) is 32.1 Å². The van der Waals surface area contributed by atoms with Gasteiger partial charge < -0.3 is 48.4 Å². The fourth-order valence-corrected chi connectivity index (χ4v) is 3.44. The van der Waals surface area contributed by atoms with Crippen LogP contribution in [0.2, 0.25) is 0 Å².